The summed E-state index contributed by atoms with van der Waals surface area (Å²) in [4.78, 5) is 2.16. The van der Waals surface area contributed by atoms with Crippen LogP contribution in [0, 0.1) is 0 Å². The predicted molar refractivity (Wildman–Crippen MR) is 73.0 cm³/mol. The molecule has 0 N–H and O–H groups in total. The molecule has 1 unspecified atom stereocenters. The molecule has 1 aromatic rings. The van der Waals surface area contributed by atoms with Gasteiger partial charge in [-0.05, 0) is 31.6 Å². The van der Waals surface area contributed by atoms with Crippen LogP contribution in [0.5, 0.6) is 17.2 Å². The number of alkyl halides is 3. The molecule has 2 aliphatic heterocycles. The van der Waals surface area contributed by atoms with Crippen LogP contribution < -0.4 is 13.7 Å². The second-order valence-corrected chi connectivity index (χ2v) is 6.83. The molecule has 0 radical (unpaired) electrons. The zero-order valence-electron chi connectivity index (χ0n) is 11.9. The van der Waals surface area contributed by atoms with Crippen molar-refractivity contribution < 1.29 is 35.2 Å². The molecule has 0 bridgehead atoms. The molecule has 0 aromatic heterocycles. The molecule has 0 amide bonds. The van der Waals surface area contributed by atoms with E-state index in [1.54, 1.807) is 0 Å². The van der Waals surface area contributed by atoms with E-state index in [9.17, 15) is 21.6 Å². The van der Waals surface area contributed by atoms with Gasteiger partial charge in [0, 0.05) is 12.6 Å². The van der Waals surface area contributed by atoms with Crippen LogP contribution in [0.15, 0.2) is 18.2 Å². The van der Waals surface area contributed by atoms with Crippen molar-refractivity contribution in [2.75, 3.05) is 26.2 Å². The molecule has 2 aliphatic rings. The topological polar surface area (TPSA) is 65.1 Å². The Morgan fingerprint density at radius 1 is 1.26 bits per heavy atom. The Kier molecular flexibility index (Phi) is 4.05. The van der Waals surface area contributed by atoms with Gasteiger partial charge >= 0.3 is 15.6 Å². The number of likely N-dealkylation sites (tertiary alicyclic amines) is 1. The van der Waals surface area contributed by atoms with Crippen molar-refractivity contribution in [3.8, 4) is 17.2 Å². The monoisotopic (exact) mass is 353 g/mol. The number of fused-ring (bicyclic) bond motifs is 1. The van der Waals surface area contributed by atoms with Gasteiger partial charge < -0.3 is 13.7 Å². The zero-order chi connectivity index (χ0) is 16.7. The van der Waals surface area contributed by atoms with E-state index in [1.165, 1.54) is 6.07 Å². The van der Waals surface area contributed by atoms with Crippen LogP contribution in [-0.2, 0) is 10.1 Å². The molecule has 10 heteroatoms. The summed E-state index contributed by atoms with van der Waals surface area (Å²) in [6, 6.07) is 3.48. The summed E-state index contributed by atoms with van der Waals surface area (Å²) in [5.74, 6) is 0.0209. The number of ether oxygens (including phenoxy) is 2. The van der Waals surface area contributed by atoms with Gasteiger partial charge in [-0.15, -0.1) is 0 Å². The van der Waals surface area contributed by atoms with Gasteiger partial charge in [0.2, 0.25) is 0 Å². The Labute approximate surface area is 130 Å². The number of hydrogen-bond acceptors (Lipinski definition) is 6. The number of halogens is 3. The standard InChI is InChI=1S/C13H14F3NO5S/c14-13(15,16)23(18,19)22-9-2-3-11-12(6-9)21-10(8-20-11)7-17-4-1-5-17/h2-3,6,10H,1,4-5,7-8H2. The molecule has 1 aromatic carbocycles. The second kappa shape index (κ2) is 5.75. The highest BCUT2D eigenvalue weighted by atomic mass is 32.2. The minimum absolute atomic E-state index is 0.164. The molecular formula is C13H14F3NO5S. The van der Waals surface area contributed by atoms with Crippen LogP contribution in [-0.4, -0.2) is 51.2 Å². The summed E-state index contributed by atoms with van der Waals surface area (Å²) in [7, 11) is -5.71. The third kappa shape index (κ3) is 3.47. The number of hydrogen-bond donors (Lipinski definition) is 0. The summed E-state index contributed by atoms with van der Waals surface area (Å²) < 4.78 is 74.3. The molecule has 0 aliphatic carbocycles. The quantitative estimate of drug-likeness (QED) is 0.607. The smallest absolute Gasteiger partial charge is 0.486 e. The van der Waals surface area contributed by atoms with E-state index in [0.29, 0.717) is 18.9 Å². The lowest BCUT2D eigenvalue weighted by Crippen LogP contribution is -2.46. The third-order valence-electron chi connectivity index (χ3n) is 3.53. The number of benzene rings is 1. The van der Waals surface area contributed by atoms with Crippen molar-refractivity contribution in [2.24, 2.45) is 0 Å². The molecule has 6 nitrogen and oxygen atoms in total. The third-order valence-corrected chi connectivity index (χ3v) is 4.51. The first kappa shape index (κ1) is 16.2. The highest BCUT2D eigenvalue weighted by molar-refractivity contribution is 7.88. The van der Waals surface area contributed by atoms with E-state index in [-0.39, 0.29) is 11.9 Å². The molecule has 1 saturated heterocycles. The lowest BCUT2D eigenvalue weighted by atomic mass is 10.2. The summed E-state index contributed by atoms with van der Waals surface area (Å²) in [6.45, 7) is 2.91. The van der Waals surface area contributed by atoms with Gasteiger partial charge in [0.25, 0.3) is 0 Å². The minimum atomic E-state index is -5.71. The van der Waals surface area contributed by atoms with Crippen LogP contribution in [0.4, 0.5) is 13.2 Å². The lowest BCUT2D eigenvalue weighted by molar-refractivity contribution is -0.0500. The maximum atomic E-state index is 12.3. The molecule has 2 heterocycles. The van der Waals surface area contributed by atoms with Crippen molar-refractivity contribution >= 4 is 10.1 Å². The molecule has 128 valence electrons. The Morgan fingerprint density at radius 2 is 2.00 bits per heavy atom. The molecule has 0 spiro atoms. The average Bonchev–Trinajstić information content (AvgIpc) is 2.41. The fourth-order valence-corrected chi connectivity index (χ4v) is 2.72. The normalized spacial score (nSPS) is 21.6. The Hall–Kier alpha value is -1.68. The van der Waals surface area contributed by atoms with Gasteiger partial charge in [-0.3, -0.25) is 4.90 Å². The van der Waals surface area contributed by atoms with E-state index in [0.717, 1.165) is 31.6 Å². The van der Waals surface area contributed by atoms with E-state index in [2.05, 4.69) is 9.08 Å². The van der Waals surface area contributed by atoms with Gasteiger partial charge in [-0.2, -0.15) is 21.6 Å². The average molecular weight is 353 g/mol. The van der Waals surface area contributed by atoms with Gasteiger partial charge in [-0.25, -0.2) is 0 Å². The van der Waals surface area contributed by atoms with Crippen LogP contribution in [0.3, 0.4) is 0 Å². The first-order chi connectivity index (χ1) is 10.7. The van der Waals surface area contributed by atoms with Crippen molar-refractivity contribution in [3.63, 3.8) is 0 Å². The highest BCUT2D eigenvalue weighted by Crippen LogP contribution is 2.37. The lowest BCUT2D eigenvalue weighted by Gasteiger charge is -2.35. The number of nitrogens with zero attached hydrogens (tertiary/aromatic N) is 1. The molecule has 1 fully saturated rings. The predicted octanol–water partition coefficient (Wildman–Crippen LogP) is 1.76. The largest absolute Gasteiger partial charge is 0.534 e. The minimum Gasteiger partial charge on any atom is -0.486 e. The maximum Gasteiger partial charge on any atom is 0.534 e. The Bertz CT molecular complexity index is 687. The maximum absolute atomic E-state index is 12.3. The first-order valence-corrected chi connectivity index (χ1v) is 8.32. The van der Waals surface area contributed by atoms with Gasteiger partial charge in [0.15, 0.2) is 11.5 Å². The van der Waals surface area contributed by atoms with E-state index in [1.807, 2.05) is 0 Å². The summed E-state index contributed by atoms with van der Waals surface area (Å²) in [6.07, 6.45) is 0.856. The molecule has 1 atom stereocenters. The fourth-order valence-electron chi connectivity index (χ4n) is 2.26. The van der Waals surface area contributed by atoms with Crippen molar-refractivity contribution in [3.05, 3.63) is 18.2 Å². The van der Waals surface area contributed by atoms with Crippen molar-refractivity contribution in [2.45, 2.75) is 18.0 Å². The fraction of sp³-hybridized carbons (Fsp3) is 0.538. The summed E-state index contributed by atoms with van der Waals surface area (Å²) in [5, 5.41) is 0. The van der Waals surface area contributed by atoms with Gasteiger partial charge in [0.1, 0.15) is 18.5 Å². The van der Waals surface area contributed by atoms with Crippen LogP contribution in [0.25, 0.3) is 0 Å². The molecular weight excluding hydrogens is 339 g/mol. The van der Waals surface area contributed by atoms with E-state index in [4.69, 9.17) is 9.47 Å². The van der Waals surface area contributed by atoms with Crippen molar-refractivity contribution in [1.29, 1.82) is 0 Å². The summed E-state index contributed by atoms with van der Waals surface area (Å²) in [5.41, 5.74) is -5.49. The second-order valence-electron chi connectivity index (χ2n) is 5.30. The Balaban J connectivity index is 1.72. The number of rotatable bonds is 4. The van der Waals surface area contributed by atoms with Crippen LogP contribution in [0.2, 0.25) is 0 Å². The molecule has 23 heavy (non-hydrogen) atoms. The highest BCUT2D eigenvalue weighted by Gasteiger charge is 2.48. The molecule has 0 saturated carbocycles. The van der Waals surface area contributed by atoms with E-state index >= 15 is 0 Å². The summed E-state index contributed by atoms with van der Waals surface area (Å²) >= 11 is 0. The first-order valence-electron chi connectivity index (χ1n) is 6.91. The zero-order valence-corrected chi connectivity index (χ0v) is 12.7. The SMILES string of the molecule is O=S(=O)(Oc1ccc2c(c1)OC(CN1CCC1)CO2)C(F)(F)F. The Morgan fingerprint density at radius 3 is 2.61 bits per heavy atom. The van der Waals surface area contributed by atoms with Crippen LogP contribution in [0.1, 0.15) is 6.42 Å². The molecule has 3 rings (SSSR count). The van der Waals surface area contributed by atoms with Gasteiger partial charge in [-0.1, -0.05) is 0 Å². The van der Waals surface area contributed by atoms with Gasteiger partial charge in [0.05, 0.1) is 0 Å². The van der Waals surface area contributed by atoms with E-state index < -0.39 is 21.4 Å². The van der Waals surface area contributed by atoms with Crippen LogP contribution >= 0.6 is 0 Å². The van der Waals surface area contributed by atoms with Crippen molar-refractivity contribution in [1.82, 2.24) is 4.90 Å².